The highest BCUT2D eigenvalue weighted by atomic mass is 79.9. The second-order valence-electron chi connectivity index (χ2n) is 2.22. The Morgan fingerprint density at radius 1 is 1.64 bits per heavy atom. The number of rotatable bonds is 2. The lowest BCUT2D eigenvalue weighted by molar-refractivity contribution is -0.391. The Morgan fingerprint density at radius 3 is 2.64 bits per heavy atom. The van der Waals surface area contributed by atoms with Crippen molar-refractivity contribution < 1.29 is 13.7 Å². The van der Waals surface area contributed by atoms with Gasteiger partial charge in [0.2, 0.25) is 0 Å². The molecule has 0 N–H and O–H groups in total. The largest absolute Gasteiger partial charge is 0.373 e. The highest BCUT2D eigenvalue weighted by molar-refractivity contribution is 9.10. The third-order valence-corrected chi connectivity index (χ3v) is 2.75. The molecule has 0 aromatic carbocycles. The van der Waals surface area contributed by atoms with E-state index in [1.165, 1.54) is 0 Å². The summed E-state index contributed by atoms with van der Waals surface area (Å²) in [4.78, 5) is 12.6. The van der Waals surface area contributed by atoms with Crippen molar-refractivity contribution in [2.75, 3.05) is 0 Å². The highest BCUT2D eigenvalue weighted by Gasteiger charge is 2.27. The van der Waals surface area contributed by atoms with Crippen molar-refractivity contribution >= 4 is 33.3 Å². The molecule has 0 aliphatic carbocycles. The molecule has 0 bridgehead atoms. The summed E-state index contributed by atoms with van der Waals surface area (Å²) < 4.78 is 24.6. The van der Waals surface area contributed by atoms with Crippen molar-refractivity contribution in [2.45, 2.75) is 6.43 Å². The first-order valence-electron chi connectivity index (χ1n) is 3.21. The number of halogens is 4. The van der Waals surface area contributed by atoms with E-state index in [9.17, 15) is 18.9 Å². The lowest BCUT2D eigenvalue weighted by atomic mass is 10.2. The molecule has 0 atom stereocenters. The third-order valence-electron chi connectivity index (χ3n) is 1.38. The molecule has 1 aromatic heterocycles. The monoisotopic (exact) mass is 286 g/mol. The second kappa shape index (κ2) is 4.14. The number of nitrogens with zero attached hydrogens (tertiary/aromatic N) is 2. The number of nitro groups is 1. The first-order chi connectivity index (χ1) is 6.45. The lowest BCUT2D eigenvalue weighted by Gasteiger charge is -2.04. The van der Waals surface area contributed by atoms with E-state index in [2.05, 4.69) is 20.9 Å². The Hall–Kier alpha value is -0.820. The van der Waals surface area contributed by atoms with Crippen LogP contribution in [0.15, 0.2) is 10.7 Å². The van der Waals surface area contributed by atoms with Crippen LogP contribution in [0.3, 0.4) is 0 Å². The first kappa shape index (κ1) is 11.3. The molecule has 8 heteroatoms. The normalized spacial score (nSPS) is 10.6. The molecule has 14 heavy (non-hydrogen) atoms. The molecule has 0 radical (unpaired) electrons. The highest BCUT2D eigenvalue weighted by Crippen LogP contribution is 2.37. The summed E-state index contributed by atoms with van der Waals surface area (Å²) in [5, 5.41) is 10.2. The minimum Gasteiger partial charge on any atom is -0.358 e. The van der Waals surface area contributed by atoms with Crippen molar-refractivity contribution in [1.82, 2.24) is 4.98 Å². The standard InChI is InChI=1S/C6H2BrClF2N2O2/c7-4-2(8)1-11-6(12(13)14)3(4)5(9)10/h1,5H. The number of aromatic nitrogens is 1. The minimum atomic E-state index is -3.00. The van der Waals surface area contributed by atoms with Crippen LogP contribution in [-0.2, 0) is 0 Å². The third kappa shape index (κ3) is 1.98. The van der Waals surface area contributed by atoms with Gasteiger partial charge in [-0.05, 0) is 25.8 Å². The number of hydrogen-bond acceptors (Lipinski definition) is 3. The van der Waals surface area contributed by atoms with Crippen LogP contribution in [0.25, 0.3) is 0 Å². The fourth-order valence-electron chi connectivity index (χ4n) is 0.810. The maximum Gasteiger partial charge on any atom is 0.373 e. The fourth-order valence-corrected chi connectivity index (χ4v) is 1.41. The van der Waals surface area contributed by atoms with Gasteiger partial charge in [0, 0.05) is 0 Å². The molecule has 4 nitrogen and oxygen atoms in total. The van der Waals surface area contributed by atoms with Gasteiger partial charge in [0.15, 0.2) is 6.20 Å². The lowest BCUT2D eigenvalue weighted by Crippen LogP contribution is -2.00. The van der Waals surface area contributed by atoms with Gasteiger partial charge in [0.05, 0.1) is 9.50 Å². The van der Waals surface area contributed by atoms with Crippen LogP contribution in [0.5, 0.6) is 0 Å². The van der Waals surface area contributed by atoms with Gasteiger partial charge in [0.25, 0.3) is 6.43 Å². The van der Waals surface area contributed by atoms with Gasteiger partial charge in [-0.3, -0.25) is 0 Å². The second-order valence-corrected chi connectivity index (χ2v) is 3.42. The Morgan fingerprint density at radius 2 is 2.21 bits per heavy atom. The summed E-state index contributed by atoms with van der Waals surface area (Å²) in [5.41, 5.74) is -0.803. The predicted molar refractivity (Wildman–Crippen MR) is 48.6 cm³/mol. The fraction of sp³-hybridized carbons (Fsp3) is 0.167. The quantitative estimate of drug-likeness (QED) is 0.619. The van der Waals surface area contributed by atoms with Crippen LogP contribution in [0.1, 0.15) is 12.0 Å². The molecule has 0 aliphatic heterocycles. The van der Waals surface area contributed by atoms with E-state index < -0.39 is 22.7 Å². The summed E-state index contributed by atoms with van der Waals surface area (Å²) in [7, 11) is 0. The van der Waals surface area contributed by atoms with Crippen LogP contribution < -0.4 is 0 Å². The summed E-state index contributed by atoms with van der Waals surface area (Å²) in [6.07, 6.45) is -2.06. The van der Waals surface area contributed by atoms with Crippen LogP contribution in [0.2, 0.25) is 5.02 Å². The maximum atomic E-state index is 12.4. The molecular weight excluding hydrogens is 285 g/mol. The molecule has 0 spiro atoms. The van der Waals surface area contributed by atoms with Crippen molar-refractivity contribution in [1.29, 1.82) is 0 Å². The molecule has 0 fully saturated rings. The number of pyridine rings is 1. The number of alkyl halides is 2. The number of hydrogen-bond donors (Lipinski definition) is 0. The van der Waals surface area contributed by atoms with Gasteiger partial charge in [-0.2, -0.15) is 0 Å². The zero-order valence-electron chi connectivity index (χ0n) is 6.38. The Balaban J connectivity index is 3.45. The Kier molecular flexibility index (Phi) is 3.33. The SMILES string of the molecule is O=[N+]([O-])c1ncc(Cl)c(Br)c1C(F)F. The maximum absolute atomic E-state index is 12.4. The summed E-state index contributed by atoms with van der Waals surface area (Å²) in [6.45, 7) is 0. The molecule has 0 unspecified atom stereocenters. The van der Waals surface area contributed by atoms with E-state index in [4.69, 9.17) is 11.6 Å². The van der Waals surface area contributed by atoms with E-state index in [0.29, 0.717) is 0 Å². The van der Waals surface area contributed by atoms with E-state index in [0.717, 1.165) is 6.20 Å². The van der Waals surface area contributed by atoms with Crippen LogP contribution in [-0.4, -0.2) is 9.91 Å². The first-order valence-corrected chi connectivity index (χ1v) is 4.38. The zero-order chi connectivity index (χ0) is 10.9. The minimum absolute atomic E-state index is 0.0918. The van der Waals surface area contributed by atoms with Crippen molar-refractivity contribution in [3.05, 3.63) is 31.4 Å². The Labute approximate surface area is 90.2 Å². The topological polar surface area (TPSA) is 56.0 Å². The Bertz CT molecular complexity index is 388. The molecule has 1 heterocycles. The summed E-state index contributed by atoms with van der Waals surface area (Å²) in [5.74, 6) is -0.892. The van der Waals surface area contributed by atoms with E-state index in [1.807, 2.05) is 0 Å². The summed E-state index contributed by atoms with van der Waals surface area (Å²) >= 11 is 8.21. The van der Waals surface area contributed by atoms with Gasteiger partial charge in [-0.1, -0.05) is 11.6 Å². The molecule has 0 saturated carbocycles. The van der Waals surface area contributed by atoms with Crippen molar-refractivity contribution in [3.8, 4) is 0 Å². The van der Waals surface area contributed by atoms with Crippen LogP contribution in [0, 0.1) is 10.1 Å². The van der Waals surface area contributed by atoms with E-state index in [1.54, 1.807) is 0 Å². The van der Waals surface area contributed by atoms with Gasteiger partial charge in [-0.15, -0.1) is 0 Å². The van der Waals surface area contributed by atoms with E-state index in [-0.39, 0.29) is 9.50 Å². The van der Waals surface area contributed by atoms with Crippen molar-refractivity contribution in [2.24, 2.45) is 0 Å². The molecule has 76 valence electrons. The van der Waals surface area contributed by atoms with Crippen LogP contribution in [0.4, 0.5) is 14.6 Å². The zero-order valence-corrected chi connectivity index (χ0v) is 8.72. The predicted octanol–water partition coefficient (Wildman–Crippen LogP) is 3.34. The average Bonchev–Trinajstić information content (AvgIpc) is 2.08. The molecule has 0 saturated heterocycles. The van der Waals surface area contributed by atoms with Gasteiger partial charge in [-0.25, -0.2) is 8.78 Å². The summed E-state index contributed by atoms with van der Waals surface area (Å²) in [6, 6.07) is 0. The molecule has 1 aromatic rings. The molecule has 1 rings (SSSR count). The van der Waals surface area contributed by atoms with Crippen LogP contribution >= 0.6 is 27.5 Å². The van der Waals surface area contributed by atoms with Gasteiger partial charge < -0.3 is 10.1 Å². The van der Waals surface area contributed by atoms with Crippen molar-refractivity contribution in [3.63, 3.8) is 0 Å². The molecular formula is C6H2BrClF2N2O2. The van der Waals surface area contributed by atoms with E-state index >= 15 is 0 Å². The van der Waals surface area contributed by atoms with Gasteiger partial charge >= 0.3 is 5.82 Å². The molecule has 0 aliphatic rings. The molecule has 0 amide bonds. The average molecular weight is 287 g/mol. The van der Waals surface area contributed by atoms with Gasteiger partial charge in [0.1, 0.15) is 5.56 Å². The smallest absolute Gasteiger partial charge is 0.358 e.